The van der Waals surface area contributed by atoms with Crippen LogP contribution < -0.4 is 0 Å². The molecule has 3 amide bonds. The molecule has 0 N–H and O–H groups in total. The zero-order valence-corrected chi connectivity index (χ0v) is 18.4. The zero-order valence-electron chi connectivity index (χ0n) is 16.8. The molecule has 0 aromatic heterocycles. The Morgan fingerprint density at radius 2 is 1.68 bits per heavy atom. The van der Waals surface area contributed by atoms with E-state index in [1.165, 1.54) is 37.4 Å². The molecule has 2 aromatic rings. The van der Waals surface area contributed by atoms with Crippen LogP contribution in [0.3, 0.4) is 0 Å². The second-order valence-electron chi connectivity index (χ2n) is 7.35. The number of halogens is 2. The summed E-state index contributed by atoms with van der Waals surface area (Å²) < 4.78 is 37.6. The standard InChI is InChI=1S/C21H20ClFN2O5S/c1-24(12-15-16(22)8-5-9-17(15)23)21(28)18(10-11-31(2,29)30)25-19(26)13-6-3-4-7-14(13)20(25)27/h3-9,18H,10-12H2,1-2H3/t18-/m1/s1. The summed E-state index contributed by atoms with van der Waals surface area (Å²) in [7, 11) is -2.11. The summed E-state index contributed by atoms with van der Waals surface area (Å²) in [6, 6.07) is 8.86. The molecule has 2 aromatic carbocycles. The number of hydrogen-bond donors (Lipinski definition) is 0. The van der Waals surface area contributed by atoms with Gasteiger partial charge in [-0.05, 0) is 30.7 Å². The van der Waals surface area contributed by atoms with Gasteiger partial charge in [0, 0.05) is 30.4 Å². The molecular weight excluding hydrogens is 447 g/mol. The maximum atomic E-state index is 14.2. The lowest BCUT2D eigenvalue weighted by Crippen LogP contribution is -2.50. The number of imide groups is 1. The molecule has 0 bridgehead atoms. The fraction of sp³-hybridized carbons (Fsp3) is 0.286. The number of carbonyl (C=O) groups is 3. The number of hydrogen-bond acceptors (Lipinski definition) is 5. The highest BCUT2D eigenvalue weighted by Gasteiger charge is 2.43. The van der Waals surface area contributed by atoms with Crippen molar-refractivity contribution in [3.05, 3.63) is 70.0 Å². The maximum absolute atomic E-state index is 14.2. The van der Waals surface area contributed by atoms with Gasteiger partial charge in [-0.3, -0.25) is 19.3 Å². The van der Waals surface area contributed by atoms with Crippen LogP contribution >= 0.6 is 11.6 Å². The molecule has 0 aliphatic carbocycles. The molecular formula is C21H20ClFN2O5S. The van der Waals surface area contributed by atoms with Crippen LogP contribution in [-0.4, -0.2) is 61.0 Å². The fourth-order valence-electron chi connectivity index (χ4n) is 3.43. The Labute approximate surface area is 184 Å². The Balaban J connectivity index is 1.93. The largest absolute Gasteiger partial charge is 0.339 e. The van der Waals surface area contributed by atoms with Crippen LogP contribution in [0.25, 0.3) is 0 Å². The first kappa shape index (κ1) is 22.9. The van der Waals surface area contributed by atoms with Crippen LogP contribution in [-0.2, 0) is 21.2 Å². The van der Waals surface area contributed by atoms with Gasteiger partial charge in [-0.1, -0.05) is 29.8 Å². The molecule has 0 fully saturated rings. The molecule has 3 rings (SSSR count). The average Bonchev–Trinajstić information content (AvgIpc) is 2.95. The van der Waals surface area contributed by atoms with Crippen molar-refractivity contribution >= 4 is 39.2 Å². The van der Waals surface area contributed by atoms with Crippen molar-refractivity contribution in [2.24, 2.45) is 0 Å². The second-order valence-corrected chi connectivity index (χ2v) is 10.0. The number of sulfone groups is 1. The Morgan fingerprint density at radius 1 is 1.10 bits per heavy atom. The number of carbonyl (C=O) groups excluding carboxylic acids is 3. The predicted molar refractivity (Wildman–Crippen MR) is 113 cm³/mol. The lowest BCUT2D eigenvalue weighted by molar-refractivity contribution is -0.134. The summed E-state index contributed by atoms with van der Waals surface area (Å²) in [6.07, 6.45) is 0.720. The van der Waals surface area contributed by atoms with E-state index in [1.807, 2.05) is 0 Å². The molecule has 0 saturated carbocycles. The maximum Gasteiger partial charge on any atom is 0.262 e. The molecule has 7 nitrogen and oxygen atoms in total. The first-order valence-corrected chi connectivity index (χ1v) is 11.8. The normalized spacial score (nSPS) is 14.5. The van der Waals surface area contributed by atoms with Crippen LogP contribution in [0, 0.1) is 5.82 Å². The number of nitrogens with zero attached hydrogens (tertiary/aromatic N) is 2. The van der Waals surface area contributed by atoms with E-state index in [4.69, 9.17) is 11.6 Å². The number of amides is 3. The number of rotatable bonds is 7. The number of fused-ring (bicyclic) bond motifs is 1. The molecule has 0 saturated heterocycles. The van der Waals surface area contributed by atoms with Crippen molar-refractivity contribution in [3.63, 3.8) is 0 Å². The van der Waals surface area contributed by atoms with Crippen LogP contribution in [0.15, 0.2) is 42.5 Å². The summed E-state index contributed by atoms with van der Waals surface area (Å²) in [5, 5.41) is 0.119. The van der Waals surface area contributed by atoms with Crippen molar-refractivity contribution in [2.45, 2.75) is 19.0 Å². The van der Waals surface area contributed by atoms with E-state index >= 15 is 0 Å². The van der Waals surface area contributed by atoms with E-state index in [0.717, 1.165) is 16.1 Å². The topological polar surface area (TPSA) is 91.8 Å². The number of likely N-dealkylation sites (N-methyl/N-ethyl adjacent to an activating group) is 1. The van der Waals surface area contributed by atoms with Crippen molar-refractivity contribution in [3.8, 4) is 0 Å². The highest BCUT2D eigenvalue weighted by molar-refractivity contribution is 7.90. The van der Waals surface area contributed by atoms with Gasteiger partial charge in [-0.2, -0.15) is 0 Å². The molecule has 1 heterocycles. The van der Waals surface area contributed by atoms with Gasteiger partial charge in [0.2, 0.25) is 5.91 Å². The summed E-state index contributed by atoms with van der Waals surface area (Å²) in [4.78, 5) is 40.9. The van der Waals surface area contributed by atoms with E-state index in [-0.39, 0.29) is 34.7 Å². The first-order valence-electron chi connectivity index (χ1n) is 9.33. The average molecular weight is 467 g/mol. The minimum absolute atomic E-state index is 0.0734. The van der Waals surface area contributed by atoms with Crippen LogP contribution in [0.5, 0.6) is 0 Å². The quantitative estimate of drug-likeness (QED) is 0.585. The Morgan fingerprint density at radius 3 is 2.19 bits per heavy atom. The summed E-state index contributed by atoms with van der Waals surface area (Å²) in [5.74, 6) is -3.07. The third-order valence-corrected chi connectivity index (χ3v) is 6.35. The predicted octanol–water partition coefficient (Wildman–Crippen LogP) is 2.54. The minimum Gasteiger partial charge on any atom is -0.339 e. The summed E-state index contributed by atoms with van der Waals surface area (Å²) in [6.45, 7) is -0.219. The van der Waals surface area contributed by atoms with Crippen molar-refractivity contribution < 1.29 is 27.2 Å². The smallest absolute Gasteiger partial charge is 0.262 e. The summed E-state index contributed by atoms with van der Waals surface area (Å²) >= 11 is 6.04. The highest BCUT2D eigenvalue weighted by Crippen LogP contribution is 2.27. The molecule has 31 heavy (non-hydrogen) atoms. The third-order valence-electron chi connectivity index (χ3n) is 5.02. The van der Waals surface area contributed by atoms with E-state index < -0.39 is 45.2 Å². The van der Waals surface area contributed by atoms with E-state index in [1.54, 1.807) is 12.1 Å². The molecule has 0 spiro atoms. The molecule has 1 aliphatic rings. The SMILES string of the molecule is CN(Cc1c(F)cccc1Cl)C(=O)[C@@H](CCS(C)(=O)=O)N1C(=O)c2ccccc2C1=O. The van der Waals surface area contributed by atoms with E-state index in [2.05, 4.69) is 0 Å². The molecule has 0 radical (unpaired) electrons. The van der Waals surface area contributed by atoms with Gasteiger partial charge in [0.15, 0.2) is 0 Å². The van der Waals surface area contributed by atoms with Crippen molar-refractivity contribution in [2.75, 3.05) is 19.1 Å². The molecule has 0 unspecified atom stereocenters. The molecule has 164 valence electrons. The van der Waals surface area contributed by atoms with E-state index in [9.17, 15) is 27.2 Å². The lowest BCUT2D eigenvalue weighted by atomic mass is 10.1. The minimum atomic E-state index is -3.48. The zero-order chi connectivity index (χ0) is 22.9. The van der Waals surface area contributed by atoms with Crippen molar-refractivity contribution in [1.82, 2.24) is 9.80 Å². The first-order chi connectivity index (χ1) is 14.5. The lowest BCUT2D eigenvalue weighted by Gasteiger charge is -2.29. The fourth-order valence-corrected chi connectivity index (χ4v) is 4.31. The third kappa shape index (κ3) is 4.77. The molecule has 10 heteroatoms. The Bertz CT molecular complexity index is 1110. The van der Waals surface area contributed by atoms with Gasteiger partial charge >= 0.3 is 0 Å². The Hall–Kier alpha value is -2.78. The Kier molecular flexibility index (Phi) is 6.47. The highest BCUT2D eigenvalue weighted by atomic mass is 35.5. The van der Waals surface area contributed by atoms with Gasteiger partial charge in [0.25, 0.3) is 11.8 Å². The van der Waals surface area contributed by atoms with Crippen LogP contribution in [0.1, 0.15) is 32.7 Å². The molecule has 1 atom stereocenters. The van der Waals surface area contributed by atoms with Gasteiger partial charge < -0.3 is 4.90 Å². The monoisotopic (exact) mass is 466 g/mol. The van der Waals surface area contributed by atoms with Crippen molar-refractivity contribution in [1.29, 1.82) is 0 Å². The van der Waals surface area contributed by atoms with Gasteiger partial charge in [-0.25, -0.2) is 12.8 Å². The second kappa shape index (κ2) is 8.76. The summed E-state index contributed by atoms with van der Waals surface area (Å²) in [5.41, 5.74) is 0.359. The van der Waals surface area contributed by atoms with Gasteiger partial charge in [0.1, 0.15) is 21.7 Å². The van der Waals surface area contributed by atoms with Crippen LogP contribution in [0.2, 0.25) is 5.02 Å². The van der Waals surface area contributed by atoms with Gasteiger partial charge in [-0.15, -0.1) is 0 Å². The van der Waals surface area contributed by atoms with Gasteiger partial charge in [0.05, 0.1) is 16.9 Å². The molecule has 1 aliphatic heterocycles. The number of benzene rings is 2. The van der Waals surface area contributed by atoms with E-state index in [0.29, 0.717) is 0 Å². The van der Waals surface area contributed by atoms with Crippen LogP contribution in [0.4, 0.5) is 4.39 Å².